The van der Waals surface area contributed by atoms with E-state index in [1.165, 1.54) is 12.1 Å². The molecular weight excluding hydrogens is 217 g/mol. The molecule has 0 radical (unpaired) electrons. The minimum Gasteiger partial charge on any atom is -0.319 e. The molecule has 1 aromatic carbocycles. The first-order chi connectivity index (χ1) is 6.88. The van der Waals surface area contributed by atoms with Gasteiger partial charge in [0.2, 0.25) is 0 Å². The molecule has 15 heavy (non-hydrogen) atoms. The number of carbonyl (C=O) groups excluding carboxylic acids is 1. The molecule has 0 bridgehead atoms. The zero-order valence-corrected chi connectivity index (χ0v) is 9.44. The molecule has 2 N–H and O–H groups in total. The summed E-state index contributed by atoms with van der Waals surface area (Å²) in [6.07, 6.45) is 0.471. The van der Waals surface area contributed by atoms with E-state index in [9.17, 15) is 9.18 Å². The molecule has 0 aliphatic heterocycles. The van der Waals surface area contributed by atoms with Gasteiger partial charge in [-0.15, -0.1) is 0 Å². The fourth-order valence-corrected chi connectivity index (χ4v) is 1.34. The van der Waals surface area contributed by atoms with Crippen LogP contribution in [-0.4, -0.2) is 11.3 Å². The number of rotatable bonds is 3. The van der Waals surface area contributed by atoms with Crippen LogP contribution in [0, 0.1) is 5.82 Å². The highest BCUT2D eigenvalue weighted by Crippen LogP contribution is 2.22. The van der Waals surface area contributed by atoms with Crippen LogP contribution in [0.1, 0.15) is 30.6 Å². The van der Waals surface area contributed by atoms with Crippen molar-refractivity contribution in [1.29, 1.82) is 0 Å². The van der Waals surface area contributed by atoms with E-state index in [0.717, 1.165) is 6.07 Å². The molecule has 1 unspecified atom stereocenters. The number of benzene rings is 1. The molecule has 1 atom stereocenters. The van der Waals surface area contributed by atoms with Gasteiger partial charge in [0.1, 0.15) is 5.82 Å². The molecule has 0 heterocycles. The first-order valence-corrected chi connectivity index (χ1v) is 5.05. The van der Waals surface area contributed by atoms with Gasteiger partial charge < -0.3 is 5.73 Å². The molecule has 2 nitrogen and oxygen atoms in total. The Labute approximate surface area is 93.2 Å². The van der Waals surface area contributed by atoms with Gasteiger partial charge in [0.15, 0.2) is 5.78 Å². The minimum absolute atomic E-state index is 0.142. The van der Waals surface area contributed by atoms with Crippen molar-refractivity contribution in [3.63, 3.8) is 0 Å². The van der Waals surface area contributed by atoms with Crippen molar-refractivity contribution in [2.24, 2.45) is 5.73 Å². The molecule has 1 rings (SSSR count). The molecule has 0 fully saturated rings. The van der Waals surface area contributed by atoms with Crippen molar-refractivity contribution >= 4 is 17.4 Å². The number of carbonyl (C=O) groups is 1. The van der Waals surface area contributed by atoms with Crippen molar-refractivity contribution in [3.8, 4) is 0 Å². The van der Waals surface area contributed by atoms with Gasteiger partial charge in [-0.3, -0.25) is 4.79 Å². The molecule has 0 aliphatic rings. The standard InChI is InChI=1S/C11H13ClFNO/c1-3-11(2,14)10(15)8-6-7(13)4-5-9(8)12/h4-6H,3,14H2,1-2H3. The van der Waals surface area contributed by atoms with Gasteiger partial charge in [-0.2, -0.15) is 0 Å². The summed E-state index contributed by atoms with van der Waals surface area (Å²) >= 11 is 5.81. The third-order valence-corrected chi connectivity index (χ3v) is 2.76. The zero-order valence-electron chi connectivity index (χ0n) is 8.68. The lowest BCUT2D eigenvalue weighted by Crippen LogP contribution is -2.44. The largest absolute Gasteiger partial charge is 0.319 e. The van der Waals surface area contributed by atoms with Gasteiger partial charge in [-0.1, -0.05) is 18.5 Å². The van der Waals surface area contributed by atoms with Gasteiger partial charge in [0.05, 0.1) is 10.6 Å². The third-order valence-electron chi connectivity index (χ3n) is 2.43. The van der Waals surface area contributed by atoms with Gasteiger partial charge in [-0.05, 0) is 31.5 Å². The van der Waals surface area contributed by atoms with Crippen LogP contribution in [0.3, 0.4) is 0 Å². The fourth-order valence-electron chi connectivity index (χ4n) is 1.14. The number of nitrogens with two attached hydrogens (primary N) is 1. The number of hydrogen-bond donors (Lipinski definition) is 1. The van der Waals surface area contributed by atoms with Crippen molar-refractivity contribution in [3.05, 3.63) is 34.6 Å². The summed E-state index contributed by atoms with van der Waals surface area (Å²) in [6.45, 7) is 3.40. The first kappa shape index (κ1) is 12.1. The predicted octanol–water partition coefficient (Wildman–Crippen LogP) is 2.79. The Balaban J connectivity index is 3.17. The van der Waals surface area contributed by atoms with Crippen molar-refractivity contribution in [2.45, 2.75) is 25.8 Å². The maximum Gasteiger partial charge on any atom is 0.183 e. The number of Topliss-reactive ketones (excluding diaryl/α,β-unsaturated/α-hetero) is 1. The van der Waals surface area contributed by atoms with E-state index in [2.05, 4.69) is 0 Å². The number of halogens is 2. The topological polar surface area (TPSA) is 43.1 Å². The van der Waals surface area contributed by atoms with E-state index in [-0.39, 0.29) is 16.4 Å². The van der Waals surface area contributed by atoms with Crippen molar-refractivity contribution < 1.29 is 9.18 Å². The molecule has 82 valence electrons. The van der Waals surface area contributed by atoms with Crippen molar-refractivity contribution in [1.82, 2.24) is 0 Å². The molecule has 4 heteroatoms. The SMILES string of the molecule is CCC(C)(N)C(=O)c1cc(F)ccc1Cl. The Bertz CT molecular complexity index is 390. The number of hydrogen-bond acceptors (Lipinski definition) is 2. The quantitative estimate of drug-likeness (QED) is 0.810. The third kappa shape index (κ3) is 2.55. The summed E-state index contributed by atoms with van der Waals surface area (Å²) in [5.74, 6) is -0.829. The monoisotopic (exact) mass is 229 g/mol. The fraction of sp³-hybridized carbons (Fsp3) is 0.364. The number of ketones is 1. The van der Waals surface area contributed by atoms with Crippen molar-refractivity contribution in [2.75, 3.05) is 0 Å². The maximum absolute atomic E-state index is 12.9. The van der Waals surface area contributed by atoms with E-state index in [1.54, 1.807) is 13.8 Å². The van der Waals surface area contributed by atoms with Crippen LogP contribution in [-0.2, 0) is 0 Å². The highest BCUT2D eigenvalue weighted by molar-refractivity contribution is 6.34. The minimum atomic E-state index is -1.00. The van der Waals surface area contributed by atoms with Crippen LogP contribution < -0.4 is 5.73 Å². The highest BCUT2D eigenvalue weighted by Gasteiger charge is 2.28. The lowest BCUT2D eigenvalue weighted by Gasteiger charge is -2.21. The molecule has 0 spiro atoms. The summed E-state index contributed by atoms with van der Waals surface area (Å²) in [5, 5.41) is 0.228. The summed E-state index contributed by atoms with van der Waals surface area (Å²) in [4.78, 5) is 11.9. The molecule has 0 aliphatic carbocycles. The average Bonchev–Trinajstić information content (AvgIpc) is 2.20. The normalized spacial score (nSPS) is 14.7. The van der Waals surface area contributed by atoms with Crippen LogP contribution >= 0.6 is 11.6 Å². The van der Waals surface area contributed by atoms with E-state index in [4.69, 9.17) is 17.3 Å². The Morgan fingerprint density at radius 1 is 1.60 bits per heavy atom. The Kier molecular flexibility index (Phi) is 3.47. The Hall–Kier alpha value is -0.930. The first-order valence-electron chi connectivity index (χ1n) is 4.67. The Morgan fingerprint density at radius 2 is 2.20 bits per heavy atom. The van der Waals surface area contributed by atoms with Crippen LogP contribution in [0.4, 0.5) is 4.39 Å². The lowest BCUT2D eigenvalue weighted by atomic mass is 9.90. The average molecular weight is 230 g/mol. The molecule has 0 amide bonds. The molecule has 0 aromatic heterocycles. The van der Waals surface area contributed by atoms with E-state index < -0.39 is 11.4 Å². The second-order valence-electron chi connectivity index (χ2n) is 3.72. The summed E-state index contributed by atoms with van der Waals surface area (Å²) in [5.41, 5.74) is 4.92. The van der Waals surface area contributed by atoms with E-state index in [1.807, 2.05) is 0 Å². The van der Waals surface area contributed by atoms with E-state index in [0.29, 0.717) is 6.42 Å². The zero-order chi connectivity index (χ0) is 11.6. The Morgan fingerprint density at radius 3 is 2.73 bits per heavy atom. The summed E-state index contributed by atoms with van der Waals surface area (Å²) in [6, 6.07) is 3.68. The van der Waals surface area contributed by atoms with Gasteiger partial charge in [0.25, 0.3) is 0 Å². The molecule has 1 aromatic rings. The molecule has 0 saturated heterocycles. The van der Waals surface area contributed by atoms with E-state index >= 15 is 0 Å². The highest BCUT2D eigenvalue weighted by atomic mass is 35.5. The molecular formula is C11H13ClFNO. The lowest BCUT2D eigenvalue weighted by molar-refractivity contribution is 0.0897. The van der Waals surface area contributed by atoms with Crippen LogP contribution in [0.2, 0.25) is 5.02 Å². The van der Waals surface area contributed by atoms with Crippen LogP contribution in [0.15, 0.2) is 18.2 Å². The van der Waals surface area contributed by atoms with Crippen LogP contribution in [0.25, 0.3) is 0 Å². The maximum atomic E-state index is 12.9. The molecule has 0 saturated carbocycles. The van der Waals surface area contributed by atoms with Gasteiger partial charge >= 0.3 is 0 Å². The second kappa shape index (κ2) is 4.29. The summed E-state index contributed by atoms with van der Waals surface area (Å²) in [7, 11) is 0. The second-order valence-corrected chi connectivity index (χ2v) is 4.13. The smallest absolute Gasteiger partial charge is 0.183 e. The predicted molar refractivity (Wildman–Crippen MR) is 58.6 cm³/mol. The van der Waals surface area contributed by atoms with Gasteiger partial charge in [0, 0.05) is 5.56 Å². The van der Waals surface area contributed by atoms with Crippen LogP contribution in [0.5, 0.6) is 0 Å². The van der Waals surface area contributed by atoms with Gasteiger partial charge in [-0.25, -0.2) is 4.39 Å². The summed E-state index contributed by atoms with van der Waals surface area (Å²) < 4.78 is 12.9.